The Morgan fingerprint density at radius 3 is 2.31 bits per heavy atom. The molecule has 1 N–H and O–H groups in total. The highest BCUT2D eigenvalue weighted by Gasteiger charge is 2.32. The van der Waals surface area contributed by atoms with Crippen LogP contribution in [0.25, 0.3) is 5.57 Å². The van der Waals surface area contributed by atoms with Gasteiger partial charge in [0.15, 0.2) is 0 Å². The predicted molar refractivity (Wildman–Crippen MR) is 172 cm³/mol. The first-order valence-corrected chi connectivity index (χ1v) is 15.8. The van der Waals surface area contributed by atoms with Gasteiger partial charge in [0.05, 0.1) is 6.61 Å². The molecule has 0 unspecified atom stereocenters. The molecule has 1 saturated heterocycles. The quantitative estimate of drug-likeness (QED) is 0.214. The average Bonchev–Trinajstić information content (AvgIpc) is 2.94. The highest BCUT2D eigenvalue weighted by atomic mass is 16.5. The van der Waals surface area contributed by atoms with E-state index >= 15 is 0 Å². The van der Waals surface area contributed by atoms with Gasteiger partial charge in [0.2, 0.25) is 0 Å². The van der Waals surface area contributed by atoms with Crippen LogP contribution in [-0.2, 0) is 13.0 Å². The van der Waals surface area contributed by atoms with Crippen molar-refractivity contribution < 1.29 is 4.74 Å². The Kier molecular flexibility index (Phi) is 14.2. The molecule has 0 aromatic heterocycles. The molecule has 1 aliphatic rings. The molecule has 1 fully saturated rings. The third-order valence-electron chi connectivity index (χ3n) is 8.78. The maximum atomic E-state index is 6.38. The molecule has 0 aliphatic carbocycles. The van der Waals surface area contributed by atoms with E-state index in [2.05, 4.69) is 96.6 Å². The summed E-state index contributed by atoms with van der Waals surface area (Å²) in [7, 11) is 0. The molecule has 1 aromatic rings. The smallest absolute Gasteiger partial charge is 0.124 e. The molecule has 0 amide bonds. The number of benzene rings is 1. The Hall–Kier alpha value is -2.26. The highest BCUT2D eigenvalue weighted by molar-refractivity contribution is 5.84. The second-order valence-corrected chi connectivity index (χ2v) is 11.5. The molecule has 3 heteroatoms. The summed E-state index contributed by atoms with van der Waals surface area (Å²) in [6.45, 7) is 26.0. The molecule has 1 aliphatic heterocycles. The van der Waals surface area contributed by atoms with Gasteiger partial charge in [0, 0.05) is 23.9 Å². The highest BCUT2D eigenvalue weighted by Crippen LogP contribution is 2.41. The van der Waals surface area contributed by atoms with E-state index < -0.39 is 0 Å². The van der Waals surface area contributed by atoms with Gasteiger partial charge >= 0.3 is 0 Å². The minimum Gasteiger partial charge on any atom is -0.494 e. The van der Waals surface area contributed by atoms with Gasteiger partial charge in [-0.2, -0.15) is 0 Å². The first kappa shape index (κ1) is 32.9. The Morgan fingerprint density at radius 1 is 1.05 bits per heavy atom. The predicted octanol–water partition coefficient (Wildman–Crippen LogP) is 9.99. The van der Waals surface area contributed by atoms with Crippen LogP contribution in [0.3, 0.4) is 0 Å². The summed E-state index contributed by atoms with van der Waals surface area (Å²) in [6.07, 6.45) is 17.1. The number of nitrogens with one attached hydrogen (secondary N) is 1. The topological polar surface area (TPSA) is 24.5 Å². The van der Waals surface area contributed by atoms with Crippen LogP contribution in [-0.4, -0.2) is 24.6 Å². The number of piperidine rings is 1. The molecular formula is C36H58N2O. The number of ether oxygens (including phenoxy) is 1. The van der Waals surface area contributed by atoms with Gasteiger partial charge in [-0.3, -0.25) is 4.90 Å². The lowest BCUT2D eigenvalue weighted by atomic mass is 9.73. The average molecular weight is 535 g/mol. The monoisotopic (exact) mass is 534 g/mol. The zero-order valence-electron chi connectivity index (χ0n) is 26.6. The lowest BCUT2D eigenvalue weighted by Crippen LogP contribution is -2.39. The fourth-order valence-electron chi connectivity index (χ4n) is 6.15. The zero-order valence-corrected chi connectivity index (χ0v) is 26.6. The second-order valence-electron chi connectivity index (χ2n) is 11.5. The van der Waals surface area contributed by atoms with Crippen LogP contribution in [0.4, 0.5) is 0 Å². The number of hydrogen-bond donors (Lipinski definition) is 1. The number of nitrogens with zero attached hydrogens (tertiary/aromatic N) is 1. The molecule has 0 radical (unpaired) electrons. The van der Waals surface area contributed by atoms with Gasteiger partial charge < -0.3 is 10.1 Å². The van der Waals surface area contributed by atoms with Crippen LogP contribution in [0.1, 0.15) is 123 Å². The number of hydrogen-bond acceptors (Lipinski definition) is 3. The number of allylic oxidation sites excluding steroid dienone is 5. The first-order chi connectivity index (χ1) is 18.8. The summed E-state index contributed by atoms with van der Waals surface area (Å²) < 4.78 is 6.38. The number of likely N-dealkylation sites (tertiary alicyclic amines) is 1. The number of aryl methyl sites for hydroxylation is 1. The molecule has 0 atom stereocenters. The van der Waals surface area contributed by atoms with Crippen LogP contribution < -0.4 is 10.1 Å². The van der Waals surface area contributed by atoms with E-state index in [1.807, 2.05) is 0 Å². The van der Waals surface area contributed by atoms with E-state index in [0.29, 0.717) is 12.0 Å². The minimum atomic E-state index is 0.548. The lowest BCUT2D eigenvalue weighted by Gasteiger charge is -2.42. The van der Waals surface area contributed by atoms with Crippen molar-refractivity contribution in [3.63, 3.8) is 0 Å². The number of rotatable bonds is 16. The molecule has 0 saturated carbocycles. The second kappa shape index (κ2) is 16.8. The van der Waals surface area contributed by atoms with E-state index in [4.69, 9.17) is 4.74 Å². The van der Waals surface area contributed by atoms with E-state index in [1.165, 1.54) is 84.2 Å². The SMILES string of the molecule is C=CN\C=C(C(/C=C(\C)CCC)=C(\C)CC)\c1cc(CC)c(CN2CCC(CC)(CCC)CC2)c(OCC)c1. The van der Waals surface area contributed by atoms with Gasteiger partial charge in [0.25, 0.3) is 0 Å². The molecule has 2 rings (SSSR count). The van der Waals surface area contributed by atoms with Crippen LogP contribution in [0.2, 0.25) is 0 Å². The van der Waals surface area contributed by atoms with Crippen LogP contribution >= 0.6 is 0 Å². The Labute approximate surface area is 241 Å². The Balaban J connectivity index is 2.55. The third-order valence-corrected chi connectivity index (χ3v) is 8.78. The van der Waals surface area contributed by atoms with Crippen molar-refractivity contribution in [2.24, 2.45) is 5.41 Å². The summed E-state index contributed by atoms with van der Waals surface area (Å²) in [6, 6.07) is 4.70. The summed E-state index contributed by atoms with van der Waals surface area (Å²) in [5.74, 6) is 1.04. The van der Waals surface area contributed by atoms with Crippen molar-refractivity contribution in [1.29, 1.82) is 0 Å². The summed E-state index contributed by atoms with van der Waals surface area (Å²) in [5.41, 5.74) is 9.84. The van der Waals surface area contributed by atoms with Crippen LogP contribution in [0.15, 0.2) is 53.9 Å². The van der Waals surface area contributed by atoms with E-state index in [1.54, 1.807) is 6.20 Å². The molecule has 0 spiro atoms. The lowest BCUT2D eigenvalue weighted by molar-refractivity contribution is 0.0851. The van der Waals surface area contributed by atoms with Crippen molar-refractivity contribution in [3.8, 4) is 5.75 Å². The van der Waals surface area contributed by atoms with Crippen molar-refractivity contribution in [3.05, 3.63) is 70.6 Å². The zero-order chi connectivity index (χ0) is 28.8. The summed E-state index contributed by atoms with van der Waals surface area (Å²) in [5, 5.41) is 3.29. The molecule has 218 valence electrons. The molecule has 0 bridgehead atoms. The molecular weight excluding hydrogens is 476 g/mol. The fourth-order valence-corrected chi connectivity index (χ4v) is 6.15. The van der Waals surface area contributed by atoms with Gasteiger partial charge in [-0.05, 0) is 107 Å². The van der Waals surface area contributed by atoms with Crippen LogP contribution in [0, 0.1) is 5.41 Å². The molecule has 1 heterocycles. The van der Waals surface area contributed by atoms with Crippen molar-refractivity contribution in [2.75, 3.05) is 19.7 Å². The molecule has 1 aromatic carbocycles. The fraction of sp³-hybridized carbons (Fsp3) is 0.611. The third kappa shape index (κ3) is 9.13. The standard InChI is InChI=1S/C36H58N2O/c1-10-17-28(8)23-32(29(9)12-3)33(26-37-15-6)31-24-30(13-4)34(35(25-31)39-16-7)27-38-21-19-36(14-5,18-11-2)20-22-38/h15,23-26,37H,6,10-14,16-22,27H2,1-5,7-9H3/b28-23+,32-29+,33-26-. The molecule has 39 heavy (non-hydrogen) atoms. The summed E-state index contributed by atoms with van der Waals surface area (Å²) in [4.78, 5) is 2.67. The summed E-state index contributed by atoms with van der Waals surface area (Å²) >= 11 is 0. The van der Waals surface area contributed by atoms with Gasteiger partial charge in [0.1, 0.15) is 5.75 Å². The molecule has 3 nitrogen and oxygen atoms in total. The maximum Gasteiger partial charge on any atom is 0.124 e. The van der Waals surface area contributed by atoms with Gasteiger partial charge in [-0.1, -0.05) is 83.7 Å². The van der Waals surface area contributed by atoms with Crippen molar-refractivity contribution in [1.82, 2.24) is 10.2 Å². The van der Waals surface area contributed by atoms with Crippen molar-refractivity contribution in [2.45, 2.75) is 120 Å². The van der Waals surface area contributed by atoms with E-state index in [-0.39, 0.29) is 0 Å². The van der Waals surface area contributed by atoms with Gasteiger partial charge in [-0.15, -0.1) is 0 Å². The Bertz CT molecular complexity index is 1010. The van der Waals surface area contributed by atoms with E-state index in [9.17, 15) is 0 Å². The van der Waals surface area contributed by atoms with Crippen molar-refractivity contribution >= 4 is 5.57 Å². The Morgan fingerprint density at radius 2 is 1.77 bits per heavy atom. The van der Waals surface area contributed by atoms with Crippen LogP contribution in [0.5, 0.6) is 5.75 Å². The largest absolute Gasteiger partial charge is 0.494 e. The maximum absolute atomic E-state index is 6.38. The van der Waals surface area contributed by atoms with E-state index in [0.717, 1.165) is 38.0 Å². The minimum absolute atomic E-state index is 0.548. The van der Waals surface area contributed by atoms with Gasteiger partial charge in [-0.25, -0.2) is 0 Å². The normalized spacial score (nSPS) is 17.1. The first-order valence-electron chi connectivity index (χ1n) is 15.8.